The number of rotatable bonds is 2. The third-order valence-corrected chi connectivity index (χ3v) is 8.62. The number of aryl methyl sites for hydroxylation is 2. The van der Waals surface area contributed by atoms with E-state index in [0.29, 0.717) is 16.5 Å². The molecule has 11 nitrogen and oxygen atoms in total. The first-order valence-electron chi connectivity index (χ1n) is 12.5. The summed E-state index contributed by atoms with van der Waals surface area (Å²) in [6.45, 7) is 4.05. The Hall–Kier alpha value is -4.64. The first kappa shape index (κ1) is 24.4. The highest BCUT2D eigenvalue weighted by molar-refractivity contribution is 6.18. The molecule has 2 aliphatic heterocycles. The fourth-order valence-corrected chi connectivity index (χ4v) is 7.37. The maximum absolute atomic E-state index is 14.4. The van der Waals surface area contributed by atoms with E-state index in [1.165, 1.54) is 26.2 Å². The lowest BCUT2D eigenvalue weighted by Gasteiger charge is -2.45. The third-order valence-electron chi connectivity index (χ3n) is 8.62. The van der Waals surface area contributed by atoms with E-state index in [-0.39, 0.29) is 50.1 Å². The van der Waals surface area contributed by atoms with Crippen molar-refractivity contribution in [3.63, 3.8) is 0 Å². The summed E-state index contributed by atoms with van der Waals surface area (Å²) in [6, 6.07) is 2.66. The van der Waals surface area contributed by atoms with Crippen LogP contribution in [0.5, 0.6) is 17.2 Å². The van der Waals surface area contributed by atoms with E-state index in [9.17, 15) is 34.5 Å². The fourth-order valence-electron chi connectivity index (χ4n) is 7.37. The van der Waals surface area contributed by atoms with Gasteiger partial charge in [0.15, 0.2) is 5.78 Å². The van der Waals surface area contributed by atoms with Crippen LogP contribution >= 0.6 is 0 Å². The molecule has 0 aromatic heterocycles. The number of carbonyl (C=O) groups is 4. The highest BCUT2D eigenvalue weighted by Crippen LogP contribution is 2.66. The van der Waals surface area contributed by atoms with Gasteiger partial charge >= 0.3 is 17.9 Å². The van der Waals surface area contributed by atoms with Crippen LogP contribution in [0.25, 0.3) is 10.8 Å². The van der Waals surface area contributed by atoms with Gasteiger partial charge in [0.2, 0.25) is 6.29 Å². The zero-order valence-corrected chi connectivity index (χ0v) is 21.7. The SMILES string of the molecule is CO[C@@H]1OC(=O)c2c(O)cc(C)c3c4c(c(O)c1c23)[C@]12COC(=O)c3c(O)cc(C)c(c31)C(=O)[C@H]4[C@@H]2OC(C)=O. The van der Waals surface area contributed by atoms with Crippen molar-refractivity contribution >= 4 is 34.5 Å². The second kappa shape index (κ2) is 7.51. The fraction of sp³-hybridized carbons (Fsp3) is 0.310. The molecule has 0 saturated carbocycles. The van der Waals surface area contributed by atoms with Crippen molar-refractivity contribution in [2.24, 2.45) is 0 Å². The number of cyclic esters (lactones) is 2. The minimum atomic E-state index is -1.60. The van der Waals surface area contributed by atoms with Crippen LogP contribution in [0.3, 0.4) is 0 Å². The van der Waals surface area contributed by atoms with Crippen LogP contribution < -0.4 is 0 Å². The number of carbonyl (C=O) groups excluding carboxylic acids is 4. The van der Waals surface area contributed by atoms with E-state index < -0.39 is 65.5 Å². The summed E-state index contributed by atoms with van der Waals surface area (Å²) in [4.78, 5) is 52.9. The summed E-state index contributed by atoms with van der Waals surface area (Å²) < 4.78 is 22.2. The summed E-state index contributed by atoms with van der Waals surface area (Å²) in [5.74, 6) is -5.37. The number of hydrogen-bond acceptors (Lipinski definition) is 11. The Kier molecular flexibility index (Phi) is 4.58. The molecule has 2 bridgehead atoms. The molecule has 3 aromatic carbocycles. The summed E-state index contributed by atoms with van der Waals surface area (Å²) in [5.41, 5.74) is -0.512. The quantitative estimate of drug-likeness (QED) is 0.319. The van der Waals surface area contributed by atoms with Gasteiger partial charge in [-0.1, -0.05) is 0 Å². The largest absolute Gasteiger partial charge is 0.507 e. The average Bonchev–Trinajstić information content (AvgIpc) is 3.08. The number of methoxy groups -OCH3 is 1. The van der Waals surface area contributed by atoms with E-state index in [1.54, 1.807) is 13.8 Å². The molecule has 0 radical (unpaired) electrons. The topological polar surface area (TPSA) is 166 Å². The number of Topliss-reactive ketones (excluding diaryl/α,β-unsaturated/α-hetero) is 1. The van der Waals surface area contributed by atoms with Crippen molar-refractivity contribution in [2.75, 3.05) is 13.7 Å². The van der Waals surface area contributed by atoms with E-state index in [2.05, 4.69) is 0 Å². The lowest BCUT2D eigenvalue weighted by molar-refractivity contribution is -0.150. The third kappa shape index (κ3) is 2.54. The van der Waals surface area contributed by atoms with Gasteiger partial charge in [0.05, 0.1) is 16.9 Å². The number of benzene rings is 3. The Morgan fingerprint density at radius 2 is 1.60 bits per heavy atom. The molecule has 3 aromatic rings. The number of aromatic hydroxyl groups is 3. The predicted octanol–water partition coefficient (Wildman–Crippen LogP) is 3.07. The van der Waals surface area contributed by atoms with Crippen LogP contribution in [-0.2, 0) is 29.2 Å². The molecule has 11 heteroatoms. The van der Waals surface area contributed by atoms with Gasteiger partial charge in [-0.25, -0.2) is 9.59 Å². The van der Waals surface area contributed by atoms with Gasteiger partial charge in [-0.15, -0.1) is 0 Å². The minimum absolute atomic E-state index is 0.0256. The highest BCUT2D eigenvalue weighted by atomic mass is 16.7. The molecule has 0 amide bonds. The Morgan fingerprint density at radius 3 is 2.27 bits per heavy atom. The van der Waals surface area contributed by atoms with Crippen LogP contribution in [0.2, 0.25) is 0 Å². The van der Waals surface area contributed by atoms with Gasteiger partial charge in [0, 0.05) is 30.5 Å². The molecular weight excluding hydrogens is 524 g/mol. The molecule has 0 unspecified atom stereocenters. The average molecular weight is 546 g/mol. The standard InChI is InChI=1S/C29H22O11/c1-8-5-11(31)15-17-13(8)18-19-23(33)14-9(2)6-12(32)16-21(14)29(7-38-26(16)35,25(19)39-10(3)30)22(18)24(34)20(17)28(37-4)40-27(15)36/h5-6,19,25,28,31-32,34H,7H2,1-4H3/t19-,25-,28+,29-/m0/s1. The molecule has 7 rings (SSSR count). The van der Waals surface area contributed by atoms with E-state index in [1.807, 2.05) is 0 Å². The van der Waals surface area contributed by atoms with Crippen LogP contribution in [-0.4, -0.2) is 58.8 Å². The molecule has 2 aliphatic carbocycles. The van der Waals surface area contributed by atoms with Crippen LogP contribution in [0.4, 0.5) is 0 Å². The Labute approximate surface area is 225 Å². The maximum atomic E-state index is 14.4. The van der Waals surface area contributed by atoms with E-state index >= 15 is 0 Å². The monoisotopic (exact) mass is 546 g/mol. The molecule has 2 heterocycles. The van der Waals surface area contributed by atoms with Crippen LogP contribution in [0.15, 0.2) is 12.1 Å². The number of hydrogen-bond donors (Lipinski definition) is 3. The smallest absolute Gasteiger partial charge is 0.345 e. The summed E-state index contributed by atoms with van der Waals surface area (Å²) >= 11 is 0. The normalized spacial score (nSPS) is 25.3. The Balaban J connectivity index is 1.76. The first-order valence-corrected chi connectivity index (χ1v) is 12.5. The van der Waals surface area contributed by atoms with Crippen molar-refractivity contribution in [3.8, 4) is 17.2 Å². The number of phenolic OH excluding ortho intramolecular Hbond substituents is 3. The minimum Gasteiger partial charge on any atom is -0.507 e. The molecule has 4 aliphatic rings. The van der Waals surface area contributed by atoms with Crippen molar-refractivity contribution in [1.82, 2.24) is 0 Å². The summed E-state index contributed by atoms with van der Waals surface area (Å²) in [5, 5.41) is 34.2. The van der Waals surface area contributed by atoms with Crippen molar-refractivity contribution in [2.45, 2.75) is 44.5 Å². The summed E-state index contributed by atoms with van der Waals surface area (Å²) in [7, 11) is 1.27. The highest BCUT2D eigenvalue weighted by Gasteiger charge is 2.68. The lowest BCUT2D eigenvalue weighted by Crippen LogP contribution is -2.54. The van der Waals surface area contributed by atoms with Gasteiger partial charge < -0.3 is 34.3 Å². The molecule has 1 spiro atoms. The number of fused-ring (bicyclic) bond motifs is 4. The van der Waals surface area contributed by atoms with Crippen LogP contribution in [0, 0.1) is 13.8 Å². The van der Waals surface area contributed by atoms with Crippen molar-refractivity contribution in [1.29, 1.82) is 0 Å². The van der Waals surface area contributed by atoms with E-state index in [4.69, 9.17) is 18.9 Å². The van der Waals surface area contributed by atoms with E-state index in [0.717, 1.165) is 0 Å². The first-order chi connectivity index (χ1) is 18.9. The lowest BCUT2D eigenvalue weighted by atomic mass is 9.63. The van der Waals surface area contributed by atoms with Crippen LogP contribution in [0.1, 0.15) is 83.6 Å². The van der Waals surface area contributed by atoms with Crippen molar-refractivity contribution in [3.05, 3.63) is 62.2 Å². The number of ether oxygens (including phenoxy) is 4. The Bertz CT molecular complexity index is 1800. The Morgan fingerprint density at radius 1 is 0.925 bits per heavy atom. The molecule has 0 saturated heterocycles. The van der Waals surface area contributed by atoms with Gasteiger partial charge in [0.25, 0.3) is 0 Å². The van der Waals surface area contributed by atoms with Gasteiger partial charge in [0.1, 0.15) is 41.1 Å². The molecule has 3 N–H and O–H groups in total. The zero-order chi connectivity index (χ0) is 28.6. The maximum Gasteiger partial charge on any atom is 0.345 e. The predicted molar refractivity (Wildman–Crippen MR) is 134 cm³/mol. The molecule has 0 fully saturated rings. The molecule has 204 valence electrons. The second-order valence-corrected chi connectivity index (χ2v) is 10.6. The molecular formula is C29H22O11. The number of ketones is 1. The van der Waals surface area contributed by atoms with Gasteiger partial charge in [-0.05, 0) is 53.6 Å². The molecule has 40 heavy (non-hydrogen) atoms. The second-order valence-electron chi connectivity index (χ2n) is 10.6. The summed E-state index contributed by atoms with van der Waals surface area (Å²) in [6.07, 6.45) is -2.66. The molecule has 4 atom stereocenters. The zero-order valence-electron chi connectivity index (χ0n) is 21.7. The van der Waals surface area contributed by atoms with Crippen molar-refractivity contribution < 1.29 is 53.4 Å². The number of esters is 3. The number of phenols is 3. The van der Waals surface area contributed by atoms with Gasteiger partial charge in [-0.2, -0.15) is 0 Å². The van der Waals surface area contributed by atoms with Gasteiger partial charge in [-0.3, -0.25) is 9.59 Å².